The molecule has 2 rings (SSSR count). The Morgan fingerprint density at radius 2 is 1.76 bits per heavy atom. The Kier molecular flexibility index (Phi) is 5.90. The number of alkyl halides is 1. The second-order valence-electron chi connectivity index (χ2n) is 4.70. The van der Waals surface area contributed by atoms with E-state index in [4.69, 9.17) is 0 Å². The van der Waals surface area contributed by atoms with Gasteiger partial charge in [0.05, 0.1) is 5.75 Å². The molecule has 2 aromatic rings. The summed E-state index contributed by atoms with van der Waals surface area (Å²) in [5.74, 6) is 0.0785. The van der Waals surface area contributed by atoms with Crippen LogP contribution in [-0.2, 0) is 28.3 Å². The van der Waals surface area contributed by atoms with Gasteiger partial charge in [0.25, 0.3) is 0 Å². The third-order valence-corrected chi connectivity index (χ3v) is 5.02. The summed E-state index contributed by atoms with van der Waals surface area (Å²) in [4.78, 5) is 3.91. The maximum Gasteiger partial charge on any atom is 0.212 e. The highest BCUT2D eigenvalue weighted by Gasteiger charge is 2.10. The largest absolute Gasteiger partial charge is 0.265 e. The van der Waals surface area contributed by atoms with Crippen LogP contribution in [0.3, 0.4) is 0 Å². The van der Waals surface area contributed by atoms with Crippen LogP contribution in [0.4, 0.5) is 0 Å². The van der Waals surface area contributed by atoms with Crippen molar-refractivity contribution in [1.29, 1.82) is 0 Å². The standard InChI is InChI=1S/C15H17BrN2O2S/c16-11-14-2-1-3-15(10-14)12-18-21(19,20)9-6-13-4-7-17-8-5-13/h1-5,7-8,10,18H,6,9,11-12H2. The molecule has 0 fully saturated rings. The molecule has 0 saturated heterocycles. The Balaban J connectivity index is 1.89. The van der Waals surface area contributed by atoms with Crippen LogP contribution in [0.1, 0.15) is 16.7 Å². The smallest absolute Gasteiger partial charge is 0.212 e. The summed E-state index contributed by atoms with van der Waals surface area (Å²) in [5.41, 5.74) is 3.06. The van der Waals surface area contributed by atoms with Crippen molar-refractivity contribution < 1.29 is 8.42 Å². The van der Waals surface area contributed by atoms with Crippen LogP contribution < -0.4 is 4.72 Å². The number of hydrogen-bond acceptors (Lipinski definition) is 3. The predicted octanol–water partition coefficient (Wildman–Crippen LogP) is 2.64. The van der Waals surface area contributed by atoms with Crippen molar-refractivity contribution in [2.75, 3.05) is 5.75 Å². The average Bonchev–Trinajstić information content (AvgIpc) is 2.52. The van der Waals surface area contributed by atoms with Gasteiger partial charge < -0.3 is 0 Å². The van der Waals surface area contributed by atoms with Crippen LogP contribution in [0.15, 0.2) is 48.8 Å². The van der Waals surface area contributed by atoms with E-state index in [2.05, 4.69) is 25.6 Å². The molecule has 1 heterocycles. The summed E-state index contributed by atoms with van der Waals surface area (Å²) >= 11 is 3.39. The van der Waals surface area contributed by atoms with E-state index >= 15 is 0 Å². The molecular formula is C15H17BrN2O2S. The first-order valence-corrected chi connectivity index (χ1v) is 9.36. The Hall–Kier alpha value is -1.24. The maximum absolute atomic E-state index is 12.0. The van der Waals surface area contributed by atoms with Gasteiger partial charge in [-0.3, -0.25) is 4.98 Å². The van der Waals surface area contributed by atoms with Gasteiger partial charge in [0.1, 0.15) is 0 Å². The number of sulfonamides is 1. The van der Waals surface area contributed by atoms with Gasteiger partial charge >= 0.3 is 0 Å². The fourth-order valence-corrected chi connectivity index (χ4v) is 3.27. The number of pyridine rings is 1. The summed E-state index contributed by atoms with van der Waals surface area (Å²) < 4.78 is 26.6. The van der Waals surface area contributed by atoms with Crippen molar-refractivity contribution in [1.82, 2.24) is 9.71 Å². The van der Waals surface area contributed by atoms with E-state index in [1.54, 1.807) is 12.4 Å². The van der Waals surface area contributed by atoms with Crippen LogP contribution in [0.5, 0.6) is 0 Å². The van der Waals surface area contributed by atoms with E-state index < -0.39 is 10.0 Å². The molecule has 0 aliphatic rings. The average molecular weight is 369 g/mol. The van der Waals surface area contributed by atoms with Gasteiger partial charge in [-0.1, -0.05) is 40.2 Å². The van der Waals surface area contributed by atoms with Crippen LogP contribution >= 0.6 is 15.9 Å². The Bertz CT molecular complexity index is 675. The molecule has 0 amide bonds. The lowest BCUT2D eigenvalue weighted by molar-refractivity contribution is 0.580. The second-order valence-corrected chi connectivity index (χ2v) is 7.19. The number of rotatable bonds is 7. The number of halogens is 1. The summed E-state index contributed by atoms with van der Waals surface area (Å²) in [6, 6.07) is 11.5. The normalized spacial score (nSPS) is 11.5. The third-order valence-electron chi connectivity index (χ3n) is 3.05. The first kappa shape index (κ1) is 16.1. The molecule has 4 nitrogen and oxygen atoms in total. The highest BCUT2D eigenvalue weighted by atomic mass is 79.9. The molecule has 0 bridgehead atoms. The quantitative estimate of drug-likeness (QED) is 0.764. The first-order chi connectivity index (χ1) is 10.1. The number of aryl methyl sites for hydroxylation is 1. The molecule has 112 valence electrons. The lowest BCUT2D eigenvalue weighted by Crippen LogP contribution is -2.26. The third kappa shape index (κ3) is 5.57. The zero-order valence-corrected chi connectivity index (χ0v) is 13.9. The topological polar surface area (TPSA) is 59.1 Å². The number of nitrogens with zero attached hydrogens (tertiary/aromatic N) is 1. The van der Waals surface area contributed by atoms with E-state index in [9.17, 15) is 8.42 Å². The summed E-state index contributed by atoms with van der Waals surface area (Å²) in [6.45, 7) is 0.319. The molecule has 0 saturated carbocycles. The van der Waals surface area contributed by atoms with Gasteiger partial charge in [0.2, 0.25) is 10.0 Å². The predicted molar refractivity (Wildman–Crippen MR) is 87.6 cm³/mol. The van der Waals surface area contributed by atoms with Gasteiger partial charge in [0.15, 0.2) is 0 Å². The van der Waals surface area contributed by atoms with E-state index in [-0.39, 0.29) is 5.75 Å². The van der Waals surface area contributed by atoms with Crippen LogP contribution in [-0.4, -0.2) is 19.2 Å². The SMILES string of the molecule is O=S(=O)(CCc1ccncc1)NCc1cccc(CBr)c1. The molecule has 6 heteroatoms. The number of benzene rings is 1. The van der Waals surface area contributed by atoms with Gasteiger partial charge in [-0.05, 0) is 35.2 Å². The molecule has 0 unspecified atom stereocenters. The van der Waals surface area contributed by atoms with Crippen molar-refractivity contribution in [2.45, 2.75) is 18.3 Å². The summed E-state index contributed by atoms with van der Waals surface area (Å²) in [5, 5.41) is 0.760. The van der Waals surface area contributed by atoms with Crippen LogP contribution in [0.25, 0.3) is 0 Å². The molecule has 21 heavy (non-hydrogen) atoms. The minimum Gasteiger partial charge on any atom is -0.265 e. The summed E-state index contributed by atoms with van der Waals surface area (Å²) in [7, 11) is -3.28. The Labute approximate surface area is 133 Å². The van der Waals surface area contributed by atoms with E-state index in [1.165, 1.54) is 0 Å². The van der Waals surface area contributed by atoms with Crippen LogP contribution in [0.2, 0.25) is 0 Å². The monoisotopic (exact) mass is 368 g/mol. The van der Waals surface area contributed by atoms with Gasteiger partial charge in [-0.15, -0.1) is 0 Å². The zero-order chi connectivity index (χ0) is 15.1. The highest BCUT2D eigenvalue weighted by molar-refractivity contribution is 9.08. The van der Waals surface area contributed by atoms with Crippen molar-refractivity contribution in [2.24, 2.45) is 0 Å². The maximum atomic E-state index is 12.0. The van der Waals surface area contributed by atoms with Gasteiger partial charge in [0, 0.05) is 24.3 Å². The Morgan fingerprint density at radius 1 is 1.05 bits per heavy atom. The van der Waals surface area contributed by atoms with E-state index in [0.717, 1.165) is 22.0 Å². The minimum absolute atomic E-state index is 0.0785. The van der Waals surface area contributed by atoms with Gasteiger partial charge in [-0.2, -0.15) is 0 Å². The van der Waals surface area contributed by atoms with Crippen molar-refractivity contribution in [3.63, 3.8) is 0 Å². The van der Waals surface area contributed by atoms with Crippen molar-refractivity contribution in [3.05, 3.63) is 65.5 Å². The molecule has 1 aromatic heterocycles. The molecule has 0 aliphatic heterocycles. The lowest BCUT2D eigenvalue weighted by atomic mass is 10.1. The highest BCUT2D eigenvalue weighted by Crippen LogP contribution is 2.09. The number of hydrogen-bond donors (Lipinski definition) is 1. The molecule has 0 atom stereocenters. The first-order valence-electron chi connectivity index (χ1n) is 6.59. The second kappa shape index (κ2) is 7.68. The fourth-order valence-electron chi connectivity index (χ4n) is 1.89. The van der Waals surface area contributed by atoms with E-state index in [1.807, 2.05) is 36.4 Å². The minimum atomic E-state index is -3.28. The fraction of sp³-hybridized carbons (Fsp3) is 0.267. The van der Waals surface area contributed by atoms with Crippen LogP contribution in [0, 0.1) is 0 Å². The van der Waals surface area contributed by atoms with Crippen molar-refractivity contribution in [3.8, 4) is 0 Å². The summed E-state index contributed by atoms with van der Waals surface area (Å²) in [6.07, 6.45) is 3.82. The molecule has 1 aromatic carbocycles. The molecular weight excluding hydrogens is 352 g/mol. The zero-order valence-electron chi connectivity index (χ0n) is 11.5. The molecule has 1 N–H and O–H groups in total. The Morgan fingerprint density at radius 3 is 2.48 bits per heavy atom. The molecule has 0 radical (unpaired) electrons. The van der Waals surface area contributed by atoms with Crippen molar-refractivity contribution >= 4 is 26.0 Å². The molecule has 0 aliphatic carbocycles. The molecule has 0 spiro atoms. The number of nitrogens with one attached hydrogen (secondary N) is 1. The number of aromatic nitrogens is 1. The van der Waals surface area contributed by atoms with E-state index in [0.29, 0.717) is 13.0 Å². The lowest BCUT2D eigenvalue weighted by Gasteiger charge is -2.08. The van der Waals surface area contributed by atoms with Gasteiger partial charge in [-0.25, -0.2) is 13.1 Å².